The number of nitrogens with two attached hydrogens (primary N) is 1. The number of benzene rings is 2. The van der Waals surface area contributed by atoms with Crippen LogP contribution in [0.3, 0.4) is 0 Å². The first-order valence-corrected chi connectivity index (χ1v) is 6.20. The lowest BCUT2D eigenvalue weighted by Crippen LogP contribution is -1.94. The van der Waals surface area contributed by atoms with Crippen LogP contribution < -0.4 is 5.73 Å². The molecule has 0 aliphatic rings. The Morgan fingerprint density at radius 2 is 1.69 bits per heavy atom. The van der Waals surface area contributed by atoms with Gasteiger partial charge in [-0.15, -0.1) is 0 Å². The molecule has 2 N–H and O–H groups in total. The molecule has 0 heterocycles. The number of halogens is 1. The molecule has 2 rings (SSSR count). The molecule has 0 saturated carbocycles. The third kappa shape index (κ3) is 2.79. The zero-order valence-electron chi connectivity index (χ0n) is 8.69. The zero-order chi connectivity index (χ0) is 11.4. The van der Waals surface area contributed by atoms with Crippen molar-refractivity contribution in [1.29, 1.82) is 0 Å². The summed E-state index contributed by atoms with van der Waals surface area (Å²) >= 11 is 7.75. The predicted molar refractivity (Wildman–Crippen MR) is 69.9 cm³/mol. The van der Waals surface area contributed by atoms with Crippen LogP contribution in [0.4, 0.5) is 0 Å². The Hall–Kier alpha value is -0.960. The lowest BCUT2D eigenvalue weighted by atomic mass is 10.2. The van der Waals surface area contributed by atoms with Crippen LogP contribution in [0, 0.1) is 0 Å². The number of rotatable bonds is 3. The van der Waals surface area contributed by atoms with Crippen molar-refractivity contribution in [2.45, 2.75) is 16.3 Å². The second-order valence-corrected chi connectivity index (χ2v) is 4.90. The molecule has 2 aromatic carbocycles. The Morgan fingerprint density at radius 3 is 2.31 bits per heavy atom. The van der Waals surface area contributed by atoms with Crippen molar-refractivity contribution in [3.63, 3.8) is 0 Å². The Labute approximate surface area is 105 Å². The van der Waals surface area contributed by atoms with E-state index in [0.29, 0.717) is 6.54 Å². The first kappa shape index (κ1) is 11.5. The topological polar surface area (TPSA) is 26.0 Å². The van der Waals surface area contributed by atoms with Gasteiger partial charge in [0.05, 0.1) is 5.02 Å². The van der Waals surface area contributed by atoms with Gasteiger partial charge < -0.3 is 5.73 Å². The molecule has 3 heteroatoms. The molecular formula is C13H12ClNS. The summed E-state index contributed by atoms with van der Waals surface area (Å²) in [6.45, 7) is 0.580. The van der Waals surface area contributed by atoms with Gasteiger partial charge in [-0.1, -0.05) is 47.6 Å². The highest BCUT2D eigenvalue weighted by atomic mass is 35.5. The van der Waals surface area contributed by atoms with Gasteiger partial charge in [0.25, 0.3) is 0 Å². The molecule has 0 radical (unpaired) electrons. The highest BCUT2D eigenvalue weighted by Crippen LogP contribution is 2.32. The van der Waals surface area contributed by atoms with Gasteiger partial charge in [0.15, 0.2) is 0 Å². The van der Waals surface area contributed by atoms with E-state index in [2.05, 4.69) is 12.1 Å². The average molecular weight is 250 g/mol. The van der Waals surface area contributed by atoms with Crippen molar-refractivity contribution in [3.05, 3.63) is 59.1 Å². The van der Waals surface area contributed by atoms with Gasteiger partial charge in [-0.25, -0.2) is 0 Å². The van der Waals surface area contributed by atoms with Gasteiger partial charge in [-0.2, -0.15) is 0 Å². The third-order valence-corrected chi connectivity index (χ3v) is 3.75. The molecule has 0 amide bonds. The maximum absolute atomic E-state index is 6.09. The van der Waals surface area contributed by atoms with Crippen LogP contribution in [0.1, 0.15) is 5.56 Å². The average Bonchev–Trinajstić information content (AvgIpc) is 2.33. The maximum atomic E-state index is 6.09. The normalized spacial score (nSPS) is 10.4. The number of hydrogen-bond donors (Lipinski definition) is 1. The molecular weight excluding hydrogens is 238 g/mol. The van der Waals surface area contributed by atoms with Crippen LogP contribution in [0.25, 0.3) is 0 Å². The third-order valence-electron chi connectivity index (χ3n) is 2.22. The lowest BCUT2D eigenvalue weighted by Gasteiger charge is -2.04. The largest absolute Gasteiger partial charge is 0.326 e. The van der Waals surface area contributed by atoms with Gasteiger partial charge in [-0.05, 0) is 29.8 Å². The van der Waals surface area contributed by atoms with E-state index in [1.165, 1.54) is 4.90 Å². The summed E-state index contributed by atoms with van der Waals surface area (Å²) in [7, 11) is 0. The Balaban J connectivity index is 2.18. The molecule has 16 heavy (non-hydrogen) atoms. The van der Waals surface area contributed by atoms with E-state index in [0.717, 1.165) is 15.5 Å². The van der Waals surface area contributed by atoms with Gasteiger partial charge in [0, 0.05) is 16.3 Å². The van der Waals surface area contributed by atoms with Gasteiger partial charge in [0.2, 0.25) is 0 Å². The molecule has 0 fully saturated rings. The minimum atomic E-state index is 0.580. The van der Waals surface area contributed by atoms with Crippen LogP contribution in [0.2, 0.25) is 5.02 Å². The fourth-order valence-electron chi connectivity index (χ4n) is 1.35. The van der Waals surface area contributed by atoms with Crippen molar-refractivity contribution < 1.29 is 0 Å². The van der Waals surface area contributed by atoms with E-state index in [9.17, 15) is 0 Å². The van der Waals surface area contributed by atoms with E-state index in [4.69, 9.17) is 17.3 Å². The Kier molecular flexibility index (Phi) is 3.88. The number of hydrogen-bond acceptors (Lipinski definition) is 2. The van der Waals surface area contributed by atoms with Crippen molar-refractivity contribution in [3.8, 4) is 0 Å². The van der Waals surface area contributed by atoms with Crippen LogP contribution in [0.5, 0.6) is 0 Å². The fourth-order valence-corrected chi connectivity index (χ4v) is 2.44. The van der Waals surface area contributed by atoms with Crippen LogP contribution in [-0.4, -0.2) is 0 Å². The molecule has 0 aromatic heterocycles. The summed E-state index contributed by atoms with van der Waals surface area (Å²) in [6.07, 6.45) is 0. The second kappa shape index (κ2) is 5.39. The van der Waals surface area contributed by atoms with Crippen LogP contribution >= 0.6 is 23.4 Å². The molecule has 0 saturated heterocycles. The van der Waals surface area contributed by atoms with Gasteiger partial charge in [0.1, 0.15) is 0 Å². The summed E-state index contributed by atoms with van der Waals surface area (Å²) in [5.74, 6) is 0. The van der Waals surface area contributed by atoms with Crippen molar-refractivity contribution in [2.75, 3.05) is 0 Å². The summed E-state index contributed by atoms with van der Waals surface area (Å²) in [5, 5.41) is 0.787. The SMILES string of the molecule is NCc1ccc(Sc2ccccc2Cl)cc1. The molecule has 0 spiro atoms. The van der Waals surface area contributed by atoms with E-state index in [1.54, 1.807) is 11.8 Å². The molecule has 82 valence electrons. The molecule has 0 aliphatic heterocycles. The van der Waals surface area contributed by atoms with E-state index in [1.807, 2.05) is 36.4 Å². The first-order chi connectivity index (χ1) is 7.79. The molecule has 0 unspecified atom stereocenters. The summed E-state index contributed by atoms with van der Waals surface area (Å²) in [5.41, 5.74) is 6.69. The minimum absolute atomic E-state index is 0.580. The highest BCUT2D eigenvalue weighted by molar-refractivity contribution is 7.99. The molecule has 1 nitrogen and oxygen atoms in total. The zero-order valence-corrected chi connectivity index (χ0v) is 10.3. The molecule has 0 bridgehead atoms. The maximum Gasteiger partial charge on any atom is 0.0545 e. The lowest BCUT2D eigenvalue weighted by molar-refractivity contribution is 1.07. The van der Waals surface area contributed by atoms with E-state index in [-0.39, 0.29) is 0 Å². The summed E-state index contributed by atoms with van der Waals surface area (Å²) in [6, 6.07) is 16.1. The van der Waals surface area contributed by atoms with E-state index < -0.39 is 0 Å². The molecule has 0 aliphatic carbocycles. The quantitative estimate of drug-likeness (QED) is 0.892. The predicted octanol–water partition coefficient (Wildman–Crippen LogP) is 3.95. The van der Waals surface area contributed by atoms with Crippen molar-refractivity contribution in [1.82, 2.24) is 0 Å². The first-order valence-electron chi connectivity index (χ1n) is 5.01. The summed E-state index contributed by atoms with van der Waals surface area (Å²) < 4.78 is 0. The fraction of sp³-hybridized carbons (Fsp3) is 0.0769. The van der Waals surface area contributed by atoms with Gasteiger partial charge >= 0.3 is 0 Å². The van der Waals surface area contributed by atoms with E-state index >= 15 is 0 Å². The Morgan fingerprint density at radius 1 is 1.00 bits per heavy atom. The monoisotopic (exact) mass is 249 g/mol. The van der Waals surface area contributed by atoms with Crippen LogP contribution in [-0.2, 0) is 6.54 Å². The van der Waals surface area contributed by atoms with Crippen molar-refractivity contribution in [2.24, 2.45) is 5.73 Å². The molecule has 0 atom stereocenters. The molecule has 2 aromatic rings. The van der Waals surface area contributed by atoms with Gasteiger partial charge in [-0.3, -0.25) is 0 Å². The summed E-state index contributed by atoms with van der Waals surface area (Å²) in [4.78, 5) is 2.25. The highest BCUT2D eigenvalue weighted by Gasteiger charge is 2.01. The second-order valence-electron chi connectivity index (χ2n) is 3.38. The smallest absolute Gasteiger partial charge is 0.0545 e. The standard InChI is InChI=1S/C13H12ClNS/c14-12-3-1-2-4-13(12)16-11-7-5-10(9-15)6-8-11/h1-8H,9,15H2. The Bertz CT molecular complexity index is 468. The van der Waals surface area contributed by atoms with Crippen LogP contribution in [0.15, 0.2) is 58.3 Å². The van der Waals surface area contributed by atoms with Crippen molar-refractivity contribution >= 4 is 23.4 Å². The minimum Gasteiger partial charge on any atom is -0.326 e.